The summed E-state index contributed by atoms with van der Waals surface area (Å²) in [6.45, 7) is 2.20. The van der Waals surface area contributed by atoms with Crippen molar-refractivity contribution in [2.24, 2.45) is 0 Å². The van der Waals surface area contributed by atoms with Gasteiger partial charge in [0.1, 0.15) is 5.82 Å². The number of fused-ring (bicyclic) bond motifs is 8. The number of rotatable bonds is 4. The van der Waals surface area contributed by atoms with Gasteiger partial charge in [0.25, 0.3) is 0 Å². The molecule has 0 atom stereocenters. The van der Waals surface area contributed by atoms with Gasteiger partial charge in [-0.05, 0) is 99.0 Å². The van der Waals surface area contributed by atoms with E-state index in [0.717, 1.165) is 23.3 Å². The molecule has 11 aromatic carbocycles. The van der Waals surface area contributed by atoms with E-state index in [9.17, 15) is 0 Å². The summed E-state index contributed by atoms with van der Waals surface area (Å²) in [7, 11) is 0. The lowest BCUT2D eigenvalue weighted by Gasteiger charge is -2.20. The van der Waals surface area contributed by atoms with Crippen LogP contribution < -0.4 is 0 Å². The van der Waals surface area contributed by atoms with E-state index in [1.54, 1.807) is 0 Å². The monoisotopic (exact) mass is 724 g/mol. The van der Waals surface area contributed by atoms with Gasteiger partial charge in [-0.25, -0.2) is 4.98 Å². The highest BCUT2D eigenvalue weighted by Crippen LogP contribution is 2.45. The highest BCUT2D eigenvalue weighted by Gasteiger charge is 2.21. The molecule has 266 valence electrons. The van der Waals surface area contributed by atoms with E-state index >= 15 is 0 Å². The zero-order valence-corrected chi connectivity index (χ0v) is 31.5. The number of imidazole rings is 1. The van der Waals surface area contributed by atoms with Crippen molar-refractivity contribution in [1.82, 2.24) is 9.55 Å². The minimum Gasteiger partial charge on any atom is -0.295 e. The lowest BCUT2D eigenvalue weighted by Crippen LogP contribution is -2.03. The Labute approximate surface area is 329 Å². The van der Waals surface area contributed by atoms with E-state index in [1.807, 2.05) is 0 Å². The maximum atomic E-state index is 5.09. The number of aromatic nitrogens is 2. The fourth-order valence-electron chi connectivity index (χ4n) is 9.88. The second-order valence-corrected chi connectivity index (χ2v) is 15.2. The Hall–Kier alpha value is -7.29. The van der Waals surface area contributed by atoms with Gasteiger partial charge < -0.3 is 0 Å². The van der Waals surface area contributed by atoms with Gasteiger partial charge in [0.15, 0.2) is 0 Å². The summed E-state index contributed by atoms with van der Waals surface area (Å²) < 4.78 is 2.40. The summed E-state index contributed by atoms with van der Waals surface area (Å²) in [4.78, 5) is 5.09. The van der Waals surface area contributed by atoms with Crippen LogP contribution in [0.15, 0.2) is 188 Å². The first-order valence-electron chi connectivity index (χ1n) is 20.0. The van der Waals surface area contributed by atoms with Crippen LogP contribution >= 0.6 is 0 Å². The zero-order valence-electron chi connectivity index (χ0n) is 31.5. The van der Waals surface area contributed by atoms with Gasteiger partial charge in [-0.3, -0.25) is 4.57 Å². The molecule has 2 heteroatoms. The molecular weight excluding hydrogens is 689 g/mol. The molecule has 0 N–H and O–H groups in total. The highest BCUT2D eigenvalue weighted by molar-refractivity contribution is 6.34. The Morgan fingerprint density at radius 3 is 1.51 bits per heavy atom. The lowest BCUT2D eigenvalue weighted by atomic mass is 9.87. The molecule has 0 aliphatic heterocycles. The van der Waals surface area contributed by atoms with Gasteiger partial charge in [0.2, 0.25) is 0 Å². The van der Waals surface area contributed by atoms with Crippen molar-refractivity contribution < 1.29 is 0 Å². The van der Waals surface area contributed by atoms with Crippen LogP contribution in [-0.4, -0.2) is 9.55 Å². The van der Waals surface area contributed by atoms with E-state index < -0.39 is 0 Å². The Morgan fingerprint density at radius 2 is 0.860 bits per heavy atom. The predicted octanol–water partition coefficient (Wildman–Crippen LogP) is 15.0. The normalized spacial score (nSPS) is 12.0. The van der Waals surface area contributed by atoms with Crippen LogP contribution in [-0.2, 0) is 6.42 Å². The molecule has 0 spiro atoms. The molecule has 12 rings (SSSR count). The first-order chi connectivity index (χ1) is 28.3. The molecule has 2 nitrogen and oxygen atoms in total. The highest BCUT2D eigenvalue weighted by atomic mass is 15.1. The number of benzene rings is 10. The third kappa shape index (κ3) is 4.62. The van der Waals surface area contributed by atoms with Crippen molar-refractivity contribution in [2.75, 3.05) is 0 Å². The molecule has 0 aliphatic rings. The molecule has 0 radical (unpaired) electrons. The Balaban J connectivity index is 1.12. The number of nitrogens with zero attached hydrogens (tertiary/aromatic N) is 2. The lowest BCUT2D eigenvalue weighted by molar-refractivity contribution is 0.917. The van der Waals surface area contributed by atoms with Gasteiger partial charge in [-0.15, -0.1) is 0 Å². The quantitative estimate of drug-likeness (QED) is 0.131. The van der Waals surface area contributed by atoms with Crippen LogP contribution in [0.1, 0.15) is 12.7 Å². The van der Waals surface area contributed by atoms with Crippen LogP contribution in [0.2, 0.25) is 0 Å². The molecule has 0 fully saturated rings. The van der Waals surface area contributed by atoms with Crippen LogP contribution in [0.25, 0.3) is 114 Å². The molecule has 0 amide bonds. The Bertz CT molecular complexity index is 3550. The maximum absolute atomic E-state index is 5.09. The SMILES string of the molecule is CCc1nc2ccccc2n1-c1c2ccccc2c(-c2ccc(-c3cccc4c5cccc6ccc7cccc(c8ccccc8c34)c7c65)cc2)c2ccccc12. The van der Waals surface area contributed by atoms with Crippen molar-refractivity contribution >= 4 is 86.4 Å². The minimum atomic E-state index is 0.839. The molecule has 0 unspecified atom stereocenters. The minimum absolute atomic E-state index is 0.839. The molecule has 0 saturated heterocycles. The van der Waals surface area contributed by atoms with Crippen LogP contribution in [0.4, 0.5) is 0 Å². The first-order valence-corrected chi connectivity index (χ1v) is 20.0. The van der Waals surface area contributed by atoms with Crippen LogP contribution in [0.3, 0.4) is 0 Å². The summed E-state index contributed by atoms with van der Waals surface area (Å²) in [6, 6.07) is 69.6. The first kappa shape index (κ1) is 32.0. The zero-order chi connectivity index (χ0) is 37.6. The van der Waals surface area contributed by atoms with Gasteiger partial charge in [-0.2, -0.15) is 0 Å². The van der Waals surface area contributed by atoms with Crippen molar-refractivity contribution in [2.45, 2.75) is 13.3 Å². The average molecular weight is 725 g/mol. The predicted molar refractivity (Wildman–Crippen MR) is 244 cm³/mol. The van der Waals surface area contributed by atoms with E-state index in [1.165, 1.54) is 103 Å². The average Bonchev–Trinajstić information content (AvgIpc) is 3.65. The van der Waals surface area contributed by atoms with E-state index in [-0.39, 0.29) is 0 Å². The second kappa shape index (κ2) is 12.4. The number of aryl methyl sites for hydroxylation is 1. The Morgan fingerprint density at radius 1 is 0.386 bits per heavy atom. The van der Waals surface area contributed by atoms with Gasteiger partial charge in [-0.1, -0.05) is 183 Å². The second-order valence-electron chi connectivity index (χ2n) is 15.2. The summed E-state index contributed by atoms with van der Waals surface area (Å²) in [5.41, 5.74) is 8.25. The van der Waals surface area contributed by atoms with Crippen LogP contribution in [0.5, 0.6) is 0 Å². The van der Waals surface area contributed by atoms with Gasteiger partial charge >= 0.3 is 0 Å². The van der Waals surface area contributed by atoms with Gasteiger partial charge in [0, 0.05) is 17.2 Å². The molecule has 0 bridgehead atoms. The third-order valence-corrected chi connectivity index (χ3v) is 12.3. The molecule has 57 heavy (non-hydrogen) atoms. The third-order valence-electron chi connectivity index (χ3n) is 12.3. The summed E-state index contributed by atoms with van der Waals surface area (Å²) in [6.07, 6.45) is 0.839. The summed E-state index contributed by atoms with van der Waals surface area (Å²) in [5.74, 6) is 1.07. The van der Waals surface area contributed by atoms with Crippen molar-refractivity contribution in [3.05, 3.63) is 194 Å². The van der Waals surface area contributed by atoms with E-state index in [4.69, 9.17) is 4.98 Å². The fourth-order valence-corrected chi connectivity index (χ4v) is 9.88. The van der Waals surface area contributed by atoms with Crippen molar-refractivity contribution in [1.29, 1.82) is 0 Å². The van der Waals surface area contributed by atoms with Crippen LogP contribution in [0, 0.1) is 0 Å². The smallest absolute Gasteiger partial charge is 0.114 e. The molecule has 1 aromatic heterocycles. The molecule has 0 aliphatic carbocycles. The topological polar surface area (TPSA) is 17.8 Å². The standard InChI is InChI=1S/C55H36N2/c1-2-50-56-48-26-9-10-27-49(48)57(50)55-46-20-7-5-18-44(46)51(45-19-6-8-21-47(45)55)37-30-28-34(29-31-37)38-22-13-25-43-42-24-12-15-36-33-32-35-14-11-23-40(52(35)53(36)42)39-16-3-4-17-41(39)54(38)43/h3-33H,2H2,1H3. The summed E-state index contributed by atoms with van der Waals surface area (Å²) in [5, 5.41) is 17.7. The van der Waals surface area contributed by atoms with Gasteiger partial charge in [0.05, 0.1) is 16.7 Å². The Kier molecular flexibility index (Phi) is 6.94. The summed E-state index contributed by atoms with van der Waals surface area (Å²) >= 11 is 0. The van der Waals surface area contributed by atoms with Crippen molar-refractivity contribution in [3.8, 4) is 27.9 Å². The van der Waals surface area contributed by atoms with Crippen molar-refractivity contribution in [3.63, 3.8) is 0 Å². The molecule has 12 aromatic rings. The number of hydrogen-bond donors (Lipinski definition) is 0. The fraction of sp³-hybridized carbons (Fsp3) is 0.0364. The molecule has 0 saturated carbocycles. The van der Waals surface area contributed by atoms with E-state index in [0.29, 0.717) is 0 Å². The number of para-hydroxylation sites is 2. The molecular formula is C55H36N2. The number of hydrogen-bond acceptors (Lipinski definition) is 1. The molecule has 1 heterocycles. The largest absolute Gasteiger partial charge is 0.295 e. The maximum Gasteiger partial charge on any atom is 0.114 e. The van der Waals surface area contributed by atoms with E-state index in [2.05, 4.69) is 200 Å².